The number of nitrogens with zero attached hydrogens (tertiary/aromatic N) is 2. The van der Waals surface area contributed by atoms with Gasteiger partial charge in [0.05, 0.1) is 0 Å². The molecule has 12 nitrogen and oxygen atoms in total. The largest absolute Gasteiger partial charge is 0.450 e. The topological polar surface area (TPSA) is 188 Å². The molecule has 262 valence electrons. The third-order valence-electron chi connectivity index (χ3n) is 12.2. The lowest BCUT2D eigenvalue weighted by Crippen LogP contribution is -2.56. The van der Waals surface area contributed by atoms with Crippen molar-refractivity contribution in [2.24, 2.45) is 56.3 Å². The van der Waals surface area contributed by atoms with Gasteiger partial charge in [-0.3, -0.25) is 0 Å². The summed E-state index contributed by atoms with van der Waals surface area (Å²) in [5.74, 6) is -1.31. The van der Waals surface area contributed by atoms with Gasteiger partial charge in [0.15, 0.2) is 0 Å². The van der Waals surface area contributed by atoms with Gasteiger partial charge in [-0.25, -0.2) is 9.59 Å². The number of hydrogen-bond acceptors (Lipinski definition) is 12. The minimum absolute atomic E-state index is 0.0109. The highest BCUT2D eigenvalue weighted by Gasteiger charge is 2.64. The molecule has 8 unspecified atom stereocenters. The first-order chi connectivity index (χ1) is 22.1. The number of carbonyl (C=O) groups is 2. The molecule has 6 N–H and O–H groups in total. The number of nitrogens with two attached hydrogens (primary N) is 2. The average Bonchev–Trinajstić information content (AvgIpc) is 3.48. The average molecular weight is 651 g/mol. The zero-order valence-electron chi connectivity index (χ0n) is 28.0. The Morgan fingerprint density at radius 2 is 1.13 bits per heavy atom. The van der Waals surface area contributed by atoms with Crippen molar-refractivity contribution >= 4 is 24.4 Å². The molecule has 4 saturated carbocycles. The Bertz CT molecular complexity index is 994. The van der Waals surface area contributed by atoms with E-state index in [0.717, 1.165) is 51.4 Å². The van der Waals surface area contributed by atoms with E-state index in [1.165, 1.54) is 0 Å². The zero-order valence-corrected chi connectivity index (χ0v) is 28.0. The van der Waals surface area contributed by atoms with Crippen LogP contribution >= 0.6 is 0 Å². The Kier molecular flexibility index (Phi) is 12.9. The molecular formula is C34H58N4O8. The van der Waals surface area contributed by atoms with E-state index in [1.54, 1.807) is 0 Å². The minimum Gasteiger partial charge on any atom is -0.450 e. The third-order valence-corrected chi connectivity index (χ3v) is 12.2. The van der Waals surface area contributed by atoms with Crippen LogP contribution in [0.4, 0.5) is 0 Å². The summed E-state index contributed by atoms with van der Waals surface area (Å²) in [7, 11) is 0. The predicted octanol–water partition coefficient (Wildman–Crippen LogP) is 3.45. The normalized spacial score (nSPS) is 37.3. The van der Waals surface area contributed by atoms with E-state index in [4.69, 9.17) is 30.6 Å². The lowest BCUT2D eigenvalue weighted by molar-refractivity contribution is -0.209. The fraction of sp³-hybridized carbons (Fsp3) is 0.882. The monoisotopic (exact) mass is 650 g/mol. The maximum absolute atomic E-state index is 13.9. The van der Waals surface area contributed by atoms with Crippen LogP contribution in [0.3, 0.4) is 0 Å². The molecule has 4 aliphatic carbocycles. The van der Waals surface area contributed by atoms with E-state index < -0.39 is 34.0 Å². The van der Waals surface area contributed by atoms with E-state index in [9.17, 15) is 19.8 Å². The van der Waals surface area contributed by atoms with Crippen LogP contribution in [0.25, 0.3) is 0 Å². The van der Waals surface area contributed by atoms with Gasteiger partial charge in [0.25, 0.3) is 0 Å². The fourth-order valence-corrected chi connectivity index (χ4v) is 9.33. The summed E-state index contributed by atoms with van der Waals surface area (Å²) in [5.41, 5.74) is 8.53. The van der Waals surface area contributed by atoms with Crippen LogP contribution in [-0.2, 0) is 28.7 Å². The lowest BCUT2D eigenvalue weighted by atomic mass is 9.59. The molecule has 46 heavy (non-hydrogen) atoms. The highest BCUT2D eigenvalue weighted by atomic mass is 16.6. The van der Waals surface area contributed by atoms with Gasteiger partial charge in [-0.1, -0.05) is 24.2 Å². The quantitative estimate of drug-likeness (QED) is 0.0633. The molecule has 4 aliphatic rings. The van der Waals surface area contributed by atoms with E-state index in [0.29, 0.717) is 64.8 Å². The van der Waals surface area contributed by atoms with Crippen molar-refractivity contribution in [2.75, 3.05) is 39.5 Å². The van der Waals surface area contributed by atoms with Gasteiger partial charge in [0.1, 0.15) is 24.4 Å². The van der Waals surface area contributed by atoms with Gasteiger partial charge >= 0.3 is 11.9 Å². The van der Waals surface area contributed by atoms with Gasteiger partial charge in [-0.2, -0.15) is 0 Å². The number of rotatable bonds is 16. The molecular weight excluding hydrogens is 592 g/mol. The summed E-state index contributed by atoms with van der Waals surface area (Å²) in [4.78, 5) is 38.3. The molecule has 0 aliphatic heterocycles. The van der Waals surface area contributed by atoms with Crippen LogP contribution in [0.15, 0.2) is 10.3 Å². The van der Waals surface area contributed by atoms with Crippen LogP contribution in [0.2, 0.25) is 0 Å². The van der Waals surface area contributed by atoms with Gasteiger partial charge in [0.2, 0.25) is 0 Å². The summed E-state index contributed by atoms with van der Waals surface area (Å²) in [6.45, 7) is 5.89. The van der Waals surface area contributed by atoms with Gasteiger partial charge in [-0.05, 0) is 102 Å². The molecule has 8 atom stereocenters. The number of aliphatic hydroxyl groups is 2. The Labute approximate surface area is 274 Å². The van der Waals surface area contributed by atoms with Crippen molar-refractivity contribution in [1.82, 2.24) is 0 Å². The first-order valence-electron chi connectivity index (χ1n) is 17.5. The first-order valence-corrected chi connectivity index (χ1v) is 17.5. The van der Waals surface area contributed by atoms with Crippen LogP contribution < -0.4 is 11.5 Å². The van der Waals surface area contributed by atoms with Gasteiger partial charge < -0.3 is 40.8 Å². The molecule has 4 rings (SSSR count). The number of fused-ring (bicyclic) bond motifs is 2. The second kappa shape index (κ2) is 16.2. The van der Waals surface area contributed by atoms with Crippen LogP contribution in [0.1, 0.15) is 104 Å². The van der Waals surface area contributed by atoms with Gasteiger partial charge in [-0.15, -0.1) is 0 Å². The molecule has 0 amide bonds. The van der Waals surface area contributed by atoms with Crippen LogP contribution in [0, 0.1) is 34.5 Å². The molecule has 0 radical (unpaired) electrons. The number of ether oxygens (including phenoxy) is 2. The van der Waals surface area contributed by atoms with Crippen molar-refractivity contribution in [3.63, 3.8) is 0 Å². The number of carbonyl (C=O) groups excluding carboxylic acids is 2. The summed E-state index contributed by atoms with van der Waals surface area (Å²) >= 11 is 0. The highest BCUT2D eigenvalue weighted by molar-refractivity contribution is 6.30. The molecule has 0 aromatic heterocycles. The maximum Gasteiger partial charge on any atom is 0.418 e. The molecule has 4 fully saturated rings. The Morgan fingerprint density at radius 3 is 1.50 bits per heavy atom. The summed E-state index contributed by atoms with van der Waals surface area (Å²) < 4.78 is 12.8. The SMILES string of the molecule is CC12CCC(CCCO)CC1(OC(=O)C(=O)OC13CCC(C=NOCCN)C1(C)CCC(CCCO)C3)CCC2C=NOCCN. The minimum atomic E-state index is -0.941. The molecule has 0 aromatic rings. The van der Waals surface area contributed by atoms with Crippen molar-refractivity contribution in [2.45, 2.75) is 115 Å². The summed E-state index contributed by atoms with van der Waals surface area (Å²) in [6, 6.07) is 0. The Morgan fingerprint density at radius 1 is 0.717 bits per heavy atom. The highest BCUT2D eigenvalue weighted by Crippen LogP contribution is 2.63. The second-order valence-corrected chi connectivity index (χ2v) is 14.6. The van der Waals surface area contributed by atoms with Crippen molar-refractivity contribution in [3.8, 4) is 0 Å². The lowest BCUT2D eigenvalue weighted by Gasteiger charge is -2.52. The number of hydrogen-bond donors (Lipinski definition) is 4. The molecule has 12 heteroatoms. The van der Waals surface area contributed by atoms with E-state index in [-0.39, 0.29) is 36.9 Å². The maximum atomic E-state index is 13.9. The first kappa shape index (κ1) is 36.6. The van der Waals surface area contributed by atoms with E-state index in [1.807, 2.05) is 12.4 Å². The van der Waals surface area contributed by atoms with Crippen molar-refractivity contribution in [3.05, 3.63) is 0 Å². The molecule has 0 spiro atoms. The number of esters is 2. The van der Waals surface area contributed by atoms with Gasteiger partial charge in [0, 0.05) is 61.4 Å². The standard InChI is InChI=1S/C34H58N4O8/c1-31-11-7-25(5-3-17-39)21-33(31,13-9-27(31)23-37-43-19-15-35)45-29(41)30(42)46-34-14-10-28(24-38-44-20-16-36)32(34,2)12-8-26(22-34)6-4-18-40/h23-28,39-40H,3-22,35-36H2,1-2H3. The zero-order chi connectivity index (χ0) is 33.3. The summed E-state index contributed by atoms with van der Waals surface area (Å²) in [5, 5.41) is 27.3. The van der Waals surface area contributed by atoms with Crippen LogP contribution in [0.5, 0.6) is 0 Å². The smallest absolute Gasteiger partial charge is 0.418 e. The van der Waals surface area contributed by atoms with Crippen molar-refractivity contribution < 1.29 is 39.0 Å². The summed E-state index contributed by atoms with van der Waals surface area (Å²) in [6.07, 6.45) is 14.2. The fourth-order valence-electron chi connectivity index (χ4n) is 9.33. The predicted molar refractivity (Wildman–Crippen MR) is 174 cm³/mol. The third kappa shape index (κ3) is 7.55. The molecule has 0 heterocycles. The number of oxime groups is 2. The van der Waals surface area contributed by atoms with E-state index in [2.05, 4.69) is 24.2 Å². The molecule has 0 bridgehead atoms. The Balaban J connectivity index is 1.55. The number of aliphatic hydroxyl groups excluding tert-OH is 2. The second-order valence-electron chi connectivity index (χ2n) is 14.6. The van der Waals surface area contributed by atoms with E-state index >= 15 is 0 Å². The molecule has 0 saturated heterocycles. The molecule has 0 aromatic carbocycles. The van der Waals surface area contributed by atoms with Crippen LogP contribution in [-0.4, -0.2) is 85.3 Å². The Hall–Kier alpha value is -2.28. The van der Waals surface area contributed by atoms with Crippen molar-refractivity contribution in [1.29, 1.82) is 0 Å².